The Hall–Kier alpha value is -2.93. The van der Waals surface area contributed by atoms with Gasteiger partial charge in [-0.15, -0.1) is 0 Å². The van der Waals surface area contributed by atoms with E-state index in [1.54, 1.807) is 17.1 Å². The van der Waals surface area contributed by atoms with Gasteiger partial charge in [0.1, 0.15) is 6.54 Å². The van der Waals surface area contributed by atoms with Crippen LogP contribution < -0.4 is 0 Å². The highest BCUT2D eigenvalue weighted by Gasteiger charge is 2.24. The third-order valence-electron chi connectivity index (χ3n) is 5.07. The molecule has 0 amide bonds. The third kappa shape index (κ3) is 4.09. The average Bonchev–Trinajstić information content (AvgIpc) is 3.34. The van der Waals surface area contributed by atoms with Crippen LogP contribution in [0.3, 0.4) is 0 Å². The number of hydrogen-bond donors (Lipinski definition) is 1. The van der Waals surface area contributed by atoms with E-state index in [1.807, 2.05) is 23.0 Å². The van der Waals surface area contributed by atoms with E-state index < -0.39 is 5.97 Å². The van der Waals surface area contributed by atoms with Crippen molar-refractivity contribution >= 4 is 5.97 Å². The minimum atomic E-state index is -0.857. The van der Waals surface area contributed by atoms with Gasteiger partial charge >= 0.3 is 5.97 Å². The number of carbonyl (C=O) groups is 1. The van der Waals surface area contributed by atoms with Crippen LogP contribution in [-0.4, -0.2) is 48.6 Å². The summed E-state index contributed by atoms with van der Waals surface area (Å²) in [5.74, 6) is -0.533. The molecular formula is C20H23N5O2. The van der Waals surface area contributed by atoms with Gasteiger partial charge < -0.3 is 5.11 Å². The van der Waals surface area contributed by atoms with E-state index in [1.165, 1.54) is 5.56 Å². The van der Waals surface area contributed by atoms with Crippen molar-refractivity contribution in [1.82, 2.24) is 24.5 Å². The molecule has 3 heterocycles. The van der Waals surface area contributed by atoms with Crippen LogP contribution in [0.15, 0.2) is 55.0 Å². The molecule has 1 aromatic carbocycles. The maximum atomic E-state index is 11.0. The Bertz CT molecular complexity index is 886. The molecule has 1 aliphatic rings. The zero-order chi connectivity index (χ0) is 18.6. The molecule has 1 N–H and O–H groups in total. The number of benzene rings is 1. The molecule has 0 bridgehead atoms. The number of hydrogen-bond acceptors (Lipinski definition) is 4. The first-order valence-corrected chi connectivity index (χ1v) is 9.24. The largest absolute Gasteiger partial charge is 0.480 e. The molecule has 0 radical (unpaired) electrons. The minimum absolute atomic E-state index is 0.0757. The Labute approximate surface area is 157 Å². The molecule has 1 saturated heterocycles. The second kappa shape index (κ2) is 7.75. The van der Waals surface area contributed by atoms with Crippen LogP contribution in [0.25, 0.3) is 5.69 Å². The van der Waals surface area contributed by atoms with Crippen molar-refractivity contribution in [2.75, 3.05) is 13.1 Å². The summed E-state index contributed by atoms with van der Waals surface area (Å²) in [4.78, 5) is 13.5. The van der Waals surface area contributed by atoms with Gasteiger partial charge in [0.2, 0.25) is 0 Å². The van der Waals surface area contributed by atoms with E-state index in [-0.39, 0.29) is 6.54 Å². The average molecular weight is 365 g/mol. The summed E-state index contributed by atoms with van der Waals surface area (Å²) in [6.07, 6.45) is 7.58. The third-order valence-corrected chi connectivity index (χ3v) is 5.07. The monoisotopic (exact) mass is 365 g/mol. The molecular weight excluding hydrogens is 342 g/mol. The van der Waals surface area contributed by atoms with E-state index in [0.717, 1.165) is 43.9 Å². The number of carboxylic acid groups (broad SMARTS) is 1. The first-order chi connectivity index (χ1) is 13.2. The highest BCUT2D eigenvalue weighted by atomic mass is 16.4. The van der Waals surface area contributed by atoms with Crippen LogP contribution in [0.1, 0.15) is 30.0 Å². The van der Waals surface area contributed by atoms with Crippen molar-refractivity contribution in [2.45, 2.75) is 31.8 Å². The number of aliphatic carboxylic acids is 1. The molecule has 1 fully saturated rings. The molecule has 7 nitrogen and oxygen atoms in total. The number of likely N-dealkylation sites (tertiary alicyclic amines) is 1. The normalized spacial score (nSPS) is 17.9. The molecule has 140 valence electrons. The Morgan fingerprint density at radius 3 is 2.74 bits per heavy atom. The van der Waals surface area contributed by atoms with E-state index in [9.17, 15) is 4.79 Å². The molecule has 4 rings (SSSR count). The van der Waals surface area contributed by atoms with Gasteiger partial charge in [0, 0.05) is 43.3 Å². The van der Waals surface area contributed by atoms with Crippen LogP contribution in [-0.2, 0) is 17.9 Å². The Morgan fingerprint density at radius 1 is 1.15 bits per heavy atom. The van der Waals surface area contributed by atoms with Crippen molar-refractivity contribution in [3.63, 3.8) is 0 Å². The van der Waals surface area contributed by atoms with Gasteiger partial charge in [-0.1, -0.05) is 12.1 Å². The first-order valence-electron chi connectivity index (χ1n) is 9.24. The minimum Gasteiger partial charge on any atom is -0.480 e. The second-order valence-corrected chi connectivity index (χ2v) is 7.00. The van der Waals surface area contributed by atoms with Crippen molar-refractivity contribution in [3.05, 3.63) is 66.2 Å². The summed E-state index contributed by atoms with van der Waals surface area (Å²) in [5, 5.41) is 17.5. The molecule has 3 aromatic rings. The van der Waals surface area contributed by atoms with Gasteiger partial charge in [-0.3, -0.25) is 14.4 Å². The Kier molecular flexibility index (Phi) is 5.02. The summed E-state index contributed by atoms with van der Waals surface area (Å²) in [6.45, 7) is 2.80. The fourth-order valence-electron chi connectivity index (χ4n) is 3.82. The molecule has 1 atom stereocenters. The van der Waals surface area contributed by atoms with Gasteiger partial charge in [-0.25, -0.2) is 4.68 Å². The molecule has 7 heteroatoms. The lowest BCUT2D eigenvalue weighted by Crippen LogP contribution is -2.35. The SMILES string of the molecule is O=C(O)Cn1nccc1C1CCCN(Cc2ccc(-n3cccn3)cc2)C1. The number of piperidine rings is 1. The van der Waals surface area contributed by atoms with Crippen molar-refractivity contribution < 1.29 is 9.90 Å². The standard InChI is InChI=1S/C20H23N5O2/c26-20(27)15-25-19(8-10-22-25)17-3-1-11-23(14-17)13-16-4-6-18(7-5-16)24-12-2-9-21-24/h2,4-10,12,17H,1,3,11,13-15H2,(H,26,27). The van der Waals surface area contributed by atoms with Gasteiger partial charge in [-0.05, 0) is 49.2 Å². The number of carboxylic acids is 1. The smallest absolute Gasteiger partial charge is 0.325 e. The zero-order valence-electron chi connectivity index (χ0n) is 15.1. The van der Waals surface area contributed by atoms with Crippen LogP contribution in [0, 0.1) is 0 Å². The molecule has 27 heavy (non-hydrogen) atoms. The van der Waals surface area contributed by atoms with Crippen LogP contribution in [0.4, 0.5) is 0 Å². The Morgan fingerprint density at radius 2 is 2.00 bits per heavy atom. The Balaban J connectivity index is 1.41. The first kappa shape index (κ1) is 17.5. The van der Waals surface area contributed by atoms with Crippen LogP contribution >= 0.6 is 0 Å². The summed E-state index contributed by atoms with van der Waals surface area (Å²) in [5.41, 5.74) is 3.35. The maximum Gasteiger partial charge on any atom is 0.325 e. The quantitative estimate of drug-likeness (QED) is 0.726. The highest BCUT2D eigenvalue weighted by molar-refractivity contribution is 5.66. The fourth-order valence-corrected chi connectivity index (χ4v) is 3.82. The summed E-state index contributed by atoms with van der Waals surface area (Å²) < 4.78 is 3.47. The molecule has 2 aromatic heterocycles. The summed E-state index contributed by atoms with van der Waals surface area (Å²) >= 11 is 0. The van der Waals surface area contributed by atoms with Gasteiger partial charge in [0.05, 0.1) is 5.69 Å². The molecule has 1 aliphatic heterocycles. The molecule has 1 unspecified atom stereocenters. The topological polar surface area (TPSA) is 76.2 Å². The maximum absolute atomic E-state index is 11.0. The summed E-state index contributed by atoms with van der Waals surface area (Å²) in [7, 11) is 0. The van der Waals surface area contributed by atoms with Crippen LogP contribution in [0.5, 0.6) is 0 Å². The van der Waals surface area contributed by atoms with Crippen LogP contribution in [0.2, 0.25) is 0 Å². The fraction of sp³-hybridized carbons (Fsp3) is 0.350. The second-order valence-electron chi connectivity index (χ2n) is 7.00. The van der Waals surface area contributed by atoms with Gasteiger partial charge in [0.15, 0.2) is 0 Å². The zero-order valence-corrected chi connectivity index (χ0v) is 15.1. The highest BCUT2D eigenvalue weighted by Crippen LogP contribution is 2.27. The van der Waals surface area contributed by atoms with Crippen molar-refractivity contribution in [1.29, 1.82) is 0 Å². The van der Waals surface area contributed by atoms with E-state index in [4.69, 9.17) is 5.11 Å². The molecule has 0 aliphatic carbocycles. The lowest BCUT2D eigenvalue weighted by atomic mass is 9.94. The number of nitrogens with zero attached hydrogens (tertiary/aromatic N) is 5. The van der Waals surface area contributed by atoms with Crippen molar-refractivity contribution in [2.24, 2.45) is 0 Å². The van der Waals surface area contributed by atoms with E-state index >= 15 is 0 Å². The van der Waals surface area contributed by atoms with E-state index in [0.29, 0.717) is 5.92 Å². The number of rotatable bonds is 6. The summed E-state index contributed by atoms with van der Waals surface area (Å²) in [6, 6.07) is 12.3. The molecule has 0 saturated carbocycles. The predicted molar refractivity (Wildman–Crippen MR) is 101 cm³/mol. The lowest BCUT2D eigenvalue weighted by Gasteiger charge is -2.33. The number of aromatic nitrogens is 4. The lowest BCUT2D eigenvalue weighted by molar-refractivity contribution is -0.137. The van der Waals surface area contributed by atoms with Gasteiger partial charge in [-0.2, -0.15) is 10.2 Å². The van der Waals surface area contributed by atoms with E-state index in [2.05, 4.69) is 39.4 Å². The van der Waals surface area contributed by atoms with Crippen molar-refractivity contribution in [3.8, 4) is 5.69 Å². The predicted octanol–water partition coefficient (Wildman–Crippen LogP) is 2.53. The molecule has 0 spiro atoms. The van der Waals surface area contributed by atoms with Gasteiger partial charge in [0.25, 0.3) is 0 Å².